The molecule has 0 amide bonds. The van der Waals surface area contributed by atoms with Gasteiger partial charge in [-0.1, -0.05) is 5.16 Å². The Labute approximate surface area is 153 Å². The van der Waals surface area contributed by atoms with Gasteiger partial charge in [-0.05, 0) is 51.4 Å². The molecule has 0 saturated carbocycles. The van der Waals surface area contributed by atoms with Gasteiger partial charge in [0, 0.05) is 23.5 Å². The molecule has 2 aromatic heterocycles. The van der Waals surface area contributed by atoms with E-state index in [9.17, 15) is 18.3 Å². The minimum Gasteiger partial charge on any atom is -0.373 e. The largest absolute Gasteiger partial charge is 0.452 e. The molecule has 0 spiro atoms. The van der Waals surface area contributed by atoms with E-state index in [1.807, 2.05) is 11.9 Å². The summed E-state index contributed by atoms with van der Waals surface area (Å²) in [5, 5.41) is 17.4. The first-order valence-corrected chi connectivity index (χ1v) is 9.33. The van der Waals surface area contributed by atoms with Crippen LogP contribution in [0.2, 0.25) is 0 Å². The van der Waals surface area contributed by atoms with Crippen LogP contribution in [0.15, 0.2) is 16.7 Å². The number of piperidine rings is 1. The molecule has 144 valence electrons. The molecular formula is C17H22F3N3O2S. The van der Waals surface area contributed by atoms with Gasteiger partial charge in [-0.15, -0.1) is 11.3 Å². The summed E-state index contributed by atoms with van der Waals surface area (Å²) in [6, 6.07) is 3.43. The average molecular weight is 389 g/mol. The van der Waals surface area contributed by atoms with E-state index in [2.05, 4.69) is 15.0 Å². The zero-order chi connectivity index (χ0) is 18.9. The van der Waals surface area contributed by atoms with Crippen LogP contribution in [0, 0.1) is 12.8 Å². The molecule has 0 radical (unpaired) electrons. The number of rotatable bonds is 5. The van der Waals surface area contributed by atoms with Gasteiger partial charge in [-0.2, -0.15) is 13.2 Å². The lowest BCUT2D eigenvalue weighted by atomic mass is 9.98. The Morgan fingerprint density at radius 1 is 1.46 bits per heavy atom. The van der Waals surface area contributed by atoms with Crippen molar-refractivity contribution < 1.29 is 22.8 Å². The summed E-state index contributed by atoms with van der Waals surface area (Å²) >= 11 is 1.24. The highest BCUT2D eigenvalue weighted by Crippen LogP contribution is 2.39. The number of likely N-dealkylation sites (tertiary alicyclic amines) is 1. The van der Waals surface area contributed by atoms with Crippen LogP contribution in [0.25, 0.3) is 10.6 Å². The Kier molecular flexibility index (Phi) is 5.71. The number of nitrogens with zero attached hydrogens (tertiary/aromatic N) is 2. The SMILES string of the molecule is CNCC1CCCN(C(O)c2ccc(-c3noc(C(F)(F)F)c3C)s2)C1. The van der Waals surface area contributed by atoms with Crippen molar-refractivity contribution in [3.05, 3.63) is 28.3 Å². The van der Waals surface area contributed by atoms with Gasteiger partial charge in [0.15, 0.2) is 0 Å². The number of hydrogen-bond donors (Lipinski definition) is 2. The average Bonchev–Trinajstić information content (AvgIpc) is 3.20. The van der Waals surface area contributed by atoms with Crippen LogP contribution in [0.1, 0.15) is 35.3 Å². The van der Waals surface area contributed by atoms with Gasteiger partial charge in [0.2, 0.25) is 5.76 Å². The Morgan fingerprint density at radius 2 is 2.23 bits per heavy atom. The molecule has 2 N–H and O–H groups in total. The van der Waals surface area contributed by atoms with Crippen molar-refractivity contribution in [3.8, 4) is 10.6 Å². The van der Waals surface area contributed by atoms with Crippen molar-refractivity contribution in [2.75, 3.05) is 26.7 Å². The fourth-order valence-electron chi connectivity index (χ4n) is 3.40. The van der Waals surface area contributed by atoms with Gasteiger partial charge in [0.25, 0.3) is 0 Å². The van der Waals surface area contributed by atoms with E-state index in [4.69, 9.17) is 0 Å². The van der Waals surface area contributed by atoms with Crippen LogP contribution in [0.4, 0.5) is 13.2 Å². The Morgan fingerprint density at radius 3 is 2.88 bits per heavy atom. The zero-order valence-electron chi connectivity index (χ0n) is 14.6. The molecule has 1 saturated heterocycles. The predicted octanol–water partition coefficient (Wildman–Crippen LogP) is 3.65. The van der Waals surface area contributed by atoms with Gasteiger partial charge >= 0.3 is 6.18 Å². The molecule has 2 aromatic rings. The Bertz CT molecular complexity index is 742. The molecular weight excluding hydrogens is 367 g/mol. The van der Waals surface area contributed by atoms with E-state index in [-0.39, 0.29) is 11.3 Å². The molecule has 2 unspecified atom stereocenters. The first-order valence-electron chi connectivity index (χ1n) is 8.51. The summed E-state index contributed by atoms with van der Waals surface area (Å²) in [6.07, 6.45) is -3.19. The predicted molar refractivity (Wildman–Crippen MR) is 92.7 cm³/mol. The fourth-order valence-corrected chi connectivity index (χ4v) is 4.47. The molecule has 1 aliphatic rings. The third kappa shape index (κ3) is 3.95. The van der Waals surface area contributed by atoms with Gasteiger partial charge in [0.05, 0.1) is 4.88 Å². The van der Waals surface area contributed by atoms with Crippen LogP contribution in [0.5, 0.6) is 0 Å². The lowest BCUT2D eigenvalue weighted by Crippen LogP contribution is -2.40. The molecule has 5 nitrogen and oxygen atoms in total. The van der Waals surface area contributed by atoms with Crippen LogP contribution in [0.3, 0.4) is 0 Å². The van der Waals surface area contributed by atoms with E-state index in [1.165, 1.54) is 18.3 Å². The van der Waals surface area contributed by atoms with Crippen molar-refractivity contribution in [1.82, 2.24) is 15.4 Å². The second kappa shape index (κ2) is 7.67. The van der Waals surface area contributed by atoms with E-state index >= 15 is 0 Å². The summed E-state index contributed by atoms with van der Waals surface area (Å²) in [7, 11) is 1.91. The van der Waals surface area contributed by atoms with E-state index in [0.29, 0.717) is 15.7 Å². The maximum Gasteiger partial charge on any atom is 0.452 e. The van der Waals surface area contributed by atoms with Crippen molar-refractivity contribution >= 4 is 11.3 Å². The number of halogens is 3. The molecule has 0 bridgehead atoms. The summed E-state index contributed by atoms with van der Waals surface area (Å²) in [6.45, 7) is 3.83. The molecule has 26 heavy (non-hydrogen) atoms. The lowest BCUT2D eigenvalue weighted by molar-refractivity contribution is -0.156. The normalized spacial score (nSPS) is 20.5. The number of alkyl halides is 3. The molecule has 3 rings (SSSR count). The van der Waals surface area contributed by atoms with Crippen molar-refractivity contribution in [2.24, 2.45) is 5.92 Å². The molecule has 1 fully saturated rings. The van der Waals surface area contributed by atoms with Crippen LogP contribution < -0.4 is 5.32 Å². The highest BCUT2D eigenvalue weighted by molar-refractivity contribution is 7.15. The number of aliphatic hydroxyl groups excluding tert-OH is 1. The van der Waals surface area contributed by atoms with Gasteiger partial charge in [0.1, 0.15) is 11.9 Å². The smallest absolute Gasteiger partial charge is 0.373 e. The molecule has 2 atom stereocenters. The summed E-state index contributed by atoms with van der Waals surface area (Å²) in [5.74, 6) is -0.594. The Balaban J connectivity index is 1.76. The van der Waals surface area contributed by atoms with E-state index in [1.54, 1.807) is 12.1 Å². The van der Waals surface area contributed by atoms with E-state index < -0.39 is 18.2 Å². The monoisotopic (exact) mass is 389 g/mol. The third-order valence-electron chi connectivity index (χ3n) is 4.69. The van der Waals surface area contributed by atoms with Crippen molar-refractivity contribution in [3.63, 3.8) is 0 Å². The highest BCUT2D eigenvalue weighted by Gasteiger charge is 2.39. The second-order valence-corrected chi connectivity index (χ2v) is 7.73. The van der Waals surface area contributed by atoms with Gasteiger partial charge in [-0.25, -0.2) is 0 Å². The topological polar surface area (TPSA) is 61.5 Å². The zero-order valence-corrected chi connectivity index (χ0v) is 15.5. The van der Waals surface area contributed by atoms with Crippen molar-refractivity contribution in [1.29, 1.82) is 0 Å². The molecule has 9 heteroatoms. The number of aliphatic hydroxyl groups is 1. The van der Waals surface area contributed by atoms with Crippen LogP contribution in [-0.2, 0) is 6.18 Å². The molecule has 3 heterocycles. The minimum absolute atomic E-state index is 0.0348. The molecule has 1 aliphatic heterocycles. The summed E-state index contributed by atoms with van der Waals surface area (Å²) in [4.78, 5) is 3.26. The number of nitrogens with one attached hydrogen (secondary N) is 1. The van der Waals surface area contributed by atoms with E-state index in [0.717, 1.165) is 32.5 Å². The van der Waals surface area contributed by atoms with Crippen molar-refractivity contribution in [2.45, 2.75) is 32.2 Å². The third-order valence-corrected chi connectivity index (χ3v) is 5.82. The number of thiophene rings is 1. The van der Waals surface area contributed by atoms with Gasteiger partial charge < -0.3 is 14.9 Å². The molecule has 0 aromatic carbocycles. The standard InChI is InChI=1S/C17H22F3N3O2S/c1-10-14(22-25-15(10)17(18,19)20)12-5-6-13(26-12)16(24)23-7-3-4-11(9-23)8-21-2/h5-6,11,16,21,24H,3-4,7-9H2,1-2H3. The first kappa shape index (κ1) is 19.3. The summed E-state index contributed by atoms with van der Waals surface area (Å²) in [5.41, 5.74) is 0.139. The number of hydrogen-bond acceptors (Lipinski definition) is 6. The van der Waals surface area contributed by atoms with Crippen LogP contribution >= 0.6 is 11.3 Å². The molecule has 0 aliphatic carbocycles. The first-order chi connectivity index (χ1) is 12.3. The summed E-state index contributed by atoms with van der Waals surface area (Å²) < 4.78 is 43.1. The Hall–Kier alpha value is -1.42. The van der Waals surface area contributed by atoms with Crippen LogP contribution in [-0.4, -0.2) is 41.8 Å². The minimum atomic E-state index is -4.56. The maximum atomic E-state index is 12.9. The maximum absolute atomic E-state index is 12.9. The number of aromatic nitrogens is 1. The lowest BCUT2D eigenvalue weighted by Gasteiger charge is -2.35. The highest BCUT2D eigenvalue weighted by atomic mass is 32.1. The fraction of sp³-hybridized carbons (Fsp3) is 0.588. The second-order valence-electron chi connectivity index (χ2n) is 6.62. The quantitative estimate of drug-likeness (QED) is 0.817. The van der Waals surface area contributed by atoms with Gasteiger partial charge in [-0.3, -0.25) is 4.90 Å².